The van der Waals surface area contributed by atoms with Crippen LogP contribution in [0.1, 0.15) is 31.0 Å². The number of hydrogen-bond donors (Lipinski definition) is 2. The van der Waals surface area contributed by atoms with Gasteiger partial charge >= 0.3 is 0 Å². The number of hydrazone groups is 1. The fourth-order valence-electron chi connectivity index (χ4n) is 1.45. The predicted molar refractivity (Wildman–Crippen MR) is 74.4 cm³/mol. The molecule has 6 nitrogen and oxygen atoms in total. The van der Waals surface area contributed by atoms with Gasteiger partial charge in [0.15, 0.2) is 0 Å². The predicted octanol–water partition coefficient (Wildman–Crippen LogP) is 1.73. The molecular formula is C13H15N5O. The van der Waals surface area contributed by atoms with Crippen LogP contribution >= 0.6 is 0 Å². The molecule has 19 heavy (non-hydrogen) atoms. The van der Waals surface area contributed by atoms with Gasteiger partial charge in [0.2, 0.25) is 5.95 Å². The summed E-state index contributed by atoms with van der Waals surface area (Å²) in [7, 11) is 0. The van der Waals surface area contributed by atoms with Crippen LogP contribution in [0.15, 0.2) is 40.5 Å². The van der Waals surface area contributed by atoms with E-state index in [4.69, 9.17) is 0 Å². The lowest BCUT2D eigenvalue weighted by atomic mass is 10.1. The van der Waals surface area contributed by atoms with E-state index in [1.54, 1.807) is 18.6 Å². The van der Waals surface area contributed by atoms with Crippen molar-refractivity contribution in [2.24, 2.45) is 5.10 Å². The first-order chi connectivity index (χ1) is 9.15. The second-order valence-corrected chi connectivity index (χ2v) is 4.33. The number of nitrogens with one attached hydrogen (secondary N) is 2. The molecule has 2 N–H and O–H groups in total. The van der Waals surface area contributed by atoms with E-state index in [1.165, 1.54) is 6.07 Å². The van der Waals surface area contributed by atoms with Crippen LogP contribution in [0.4, 0.5) is 5.95 Å². The van der Waals surface area contributed by atoms with Crippen LogP contribution in [-0.2, 0) is 0 Å². The van der Waals surface area contributed by atoms with E-state index in [0.29, 0.717) is 5.95 Å². The van der Waals surface area contributed by atoms with Gasteiger partial charge in [0.25, 0.3) is 5.56 Å². The molecule has 2 aromatic heterocycles. The lowest BCUT2D eigenvalue weighted by molar-refractivity contribution is 0.810. The third-order valence-electron chi connectivity index (χ3n) is 2.42. The van der Waals surface area contributed by atoms with Crippen LogP contribution in [0.2, 0.25) is 0 Å². The molecule has 0 aromatic carbocycles. The van der Waals surface area contributed by atoms with Gasteiger partial charge in [0.1, 0.15) is 0 Å². The number of nitrogens with zero attached hydrogens (tertiary/aromatic N) is 3. The monoisotopic (exact) mass is 257 g/mol. The van der Waals surface area contributed by atoms with E-state index in [9.17, 15) is 4.79 Å². The molecule has 2 rings (SSSR count). The van der Waals surface area contributed by atoms with Crippen LogP contribution in [0.5, 0.6) is 0 Å². The highest BCUT2D eigenvalue weighted by Gasteiger charge is 2.04. The lowest BCUT2D eigenvalue weighted by Gasteiger charge is -2.05. The minimum Gasteiger partial charge on any atom is -0.291 e. The molecule has 6 heteroatoms. The van der Waals surface area contributed by atoms with Gasteiger partial charge in [-0.2, -0.15) is 5.10 Å². The minimum atomic E-state index is -0.197. The highest BCUT2D eigenvalue weighted by atomic mass is 16.1. The average Bonchev–Trinajstić information content (AvgIpc) is 2.39. The van der Waals surface area contributed by atoms with Crippen molar-refractivity contribution in [1.82, 2.24) is 15.0 Å². The largest absolute Gasteiger partial charge is 0.291 e. The van der Waals surface area contributed by atoms with Crippen molar-refractivity contribution in [1.29, 1.82) is 0 Å². The Morgan fingerprint density at radius 2 is 2.32 bits per heavy atom. The molecule has 0 bridgehead atoms. The fraction of sp³-hybridized carbons (Fsp3) is 0.231. The smallest absolute Gasteiger partial charge is 0.252 e. The second-order valence-electron chi connectivity index (χ2n) is 4.33. The summed E-state index contributed by atoms with van der Waals surface area (Å²) in [6, 6.07) is 5.18. The molecule has 0 atom stereocenters. The fourth-order valence-corrected chi connectivity index (χ4v) is 1.45. The van der Waals surface area contributed by atoms with Crippen molar-refractivity contribution < 1.29 is 0 Å². The van der Waals surface area contributed by atoms with E-state index >= 15 is 0 Å². The van der Waals surface area contributed by atoms with Gasteiger partial charge in [0.05, 0.1) is 11.9 Å². The van der Waals surface area contributed by atoms with E-state index in [-0.39, 0.29) is 11.5 Å². The maximum Gasteiger partial charge on any atom is 0.252 e. The van der Waals surface area contributed by atoms with Crippen LogP contribution in [0, 0.1) is 0 Å². The first-order valence-corrected chi connectivity index (χ1v) is 5.95. The third kappa shape index (κ3) is 3.74. The molecule has 0 saturated heterocycles. The number of anilines is 1. The summed E-state index contributed by atoms with van der Waals surface area (Å²) >= 11 is 0. The molecule has 0 fully saturated rings. The molecule has 0 aliphatic carbocycles. The van der Waals surface area contributed by atoms with Crippen molar-refractivity contribution in [2.45, 2.75) is 19.8 Å². The summed E-state index contributed by atoms with van der Waals surface area (Å²) in [5.74, 6) is 0.515. The van der Waals surface area contributed by atoms with Crippen molar-refractivity contribution >= 4 is 12.2 Å². The van der Waals surface area contributed by atoms with E-state index in [0.717, 1.165) is 11.3 Å². The molecule has 0 amide bonds. The van der Waals surface area contributed by atoms with Crippen LogP contribution in [0.3, 0.4) is 0 Å². The number of hydrogen-bond acceptors (Lipinski definition) is 5. The first kappa shape index (κ1) is 12.9. The lowest BCUT2D eigenvalue weighted by Crippen LogP contribution is -2.12. The normalized spacial score (nSPS) is 11.1. The number of pyridine rings is 1. The summed E-state index contributed by atoms with van der Waals surface area (Å²) < 4.78 is 0. The van der Waals surface area contributed by atoms with Crippen molar-refractivity contribution in [3.63, 3.8) is 0 Å². The molecular weight excluding hydrogens is 242 g/mol. The molecule has 0 radical (unpaired) electrons. The highest BCUT2D eigenvalue weighted by Crippen LogP contribution is 2.09. The van der Waals surface area contributed by atoms with Gasteiger partial charge in [0, 0.05) is 24.0 Å². The SMILES string of the molecule is CC(C)c1cc(=O)[nH]c(N/N=C\c2cccnc2)n1. The maximum absolute atomic E-state index is 11.5. The van der Waals surface area contributed by atoms with Gasteiger partial charge in [-0.05, 0) is 12.0 Å². The molecule has 0 saturated carbocycles. The Morgan fingerprint density at radius 1 is 1.47 bits per heavy atom. The highest BCUT2D eigenvalue weighted by molar-refractivity contribution is 5.79. The molecule has 0 unspecified atom stereocenters. The first-order valence-electron chi connectivity index (χ1n) is 5.95. The Balaban J connectivity index is 2.12. The zero-order valence-corrected chi connectivity index (χ0v) is 10.8. The van der Waals surface area contributed by atoms with Gasteiger partial charge in [-0.25, -0.2) is 10.4 Å². The maximum atomic E-state index is 11.5. The van der Waals surface area contributed by atoms with E-state index in [1.807, 2.05) is 26.0 Å². The summed E-state index contributed by atoms with van der Waals surface area (Å²) in [5.41, 5.74) is 4.09. The summed E-state index contributed by atoms with van der Waals surface area (Å²) in [5, 5.41) is 4.01. The van der Waals surface area contributed by atoms with Crippen LogP contribution in [0.25, 0.3) is 0 Å². The van der Waals surface area contributed by atoms with Crippen LogP contribution in [-0.4, -0.2) is 21.2 Å². The third-order valence-corrected chi connectivity index (χ3v) is 2.42. The zero-order valence-electron chi connectivity index (χ0n) is 10.8. The molecule has 0 aliphatic rings. The number of aromatic nitrogens is 3. The summed E-state index contributed by atoms with van der Waals surface area (Å²) in [6.07, 6.45) is 4.98. The summed E-state index contributed by atoms with van der Waals surface area (Å²) in [4.78, 5) is 22.3. The van der Waals surface area contributed by atoms with Crippen molar-refractivity contribution in [3.05, 3.63) is 52.2 Å². The number of rotatable bonds is 4. The van der Waals surface area contributed by atoms with Gasteiger partial charge < -0.3 is 0 Å². The second kappa shape index (κ2) is 5.90. The minimum absolute atomic E-state index is 0.185. The Hall–Kier alpha value is -2.50. The Morgan fingerprint density at radius 3 is 3.00 bits per heavy atom. The van der Waals surface area contributed by atoms with Gasteiger partial charge in [-0.3, -0.25) is 14.8 Å². The van der Waals surface area contributed by atoms with E-state index in [2.05, 4.69) is 25.5 Å². The molecule has 2 heterocycles. The molecule has 2 aromatic rings. The number of aromatic amines is 1. The topological polar surface area (TPSA) is 83.0 Å². The molecule has 0 aliphatic heterocycles. The standard InChI is InChI=1S/C13H15N5O/c1-9(2)11-6-12(19)17-13(16-11)18-15-8-10-4-3-5-14-7-10/h3-9H,1-2H3,(H2,16,17,18,19)/b15-8-. The van der Waals surface area contributed by atoms with Gasteiger partial charge in [-0.15, -0.1) is 0 Å². The number of H-pyrrole nitrogens is 1. The quantitative estimate of drug-likeness (QED) is 0.645. The summed E-state index contributed by atoms with van der Waals surface area (Å²) in [6.45, 7) is 3.95. The Bertz CT molecular complexity index is 618. The van der Waals surface area contributed by atoms with Gasteiger partial charge in [-0.1, -0.05) is 19.9 Å². The molecule has 98 valence electrons. The van der Waals surface area contributed by atoms with Crippen LogP contribution < -0.4 is 11.0 Å². The van der Waals surface area contributed by atoms with E-state index < -0.39 is 0 Å². The van der Waals surface area contributed by atoms with Crippen molar-refractivity contribution in [2.75, 3.05) is 5.43 Å². The average molecular weight is 257 g/mol. The molecule has 0 spiro atoms. The Kier molecular flexibility index (Phi) is 4.02. The Labute approximate surface area is 110 Å². The van der Waals surface area contributed by atoms with Crippen molar-refractivity contribution in [3.8, 4) is 0 Å². The zero-order chi connectivity index (χ0) is 13.7.